The molecule has 6 heteroatoms. The van der Waals surface area contributed by atoms with Crippen molar-refractivity contribution in [3.63, 3.8) is 0 Å². The number of ether oxygens (including phenoxy) is 3. The maximum atomic E-state index is 5.82. The Labute approximate surface area is 122 Å². The third-order valence-electron chi connectivity index (χ3n) is 2.62. The van der Waals surface area contributed by atoms with E-state index in [9.17, 15) is 0 Å². The molecule has 0 fully saturated rings. The van der Waals surface area contributed by atoms with Gasteiger partial charge in [-0.15, -0.1) is 0 Å². The van der Waals surface area contributed by atoms with Crippen molar-refractivity contribution in [2.45, 2.75) is 13.5 Å². The summed E-state index contributed by atoms with van der Waals surface area (Å²) in [5, 5.41) is 4.07. The standard InChI is InChI=1S/C14H18N2O3S/c1-4-15-14-16-8-10(20-14)9-19-13-11(17-2)6-5-7-12(13)18-3/h5-8H,4,9H2,1-3H3,(H,15,16). The molecule has 2 aromatic rings. The van der Waals surface area contributed by atoms with Crippen LogP contribution in [0.15, 0.2) is 24.4 Å². The highest BCUT2D eigenvalue weighted by atomic mass is 32.1. The molecule has 0 saturated heterocycles. The summed E-state index contributed by atoms with van der Waals surface area (Å²) in [7, 11) is 3.22. The number of nitrogens with zero attached hydrogens (tertiary/aromatic N) is 1. The van der Waals surface area contributed by atoms with E-state index in [1.807, 2.05) is 31.3 Å². The number of hydrogen-bond donors (Lipinski definition) is 1. The zero-order valence-corrected chi connectivity index (χ0v) is 12.6. The van der Waals surface area contributed by atoms with Gasteiger partial charge in [0.25, 0.3) is 0 Å². The van der Waals surface area contributed by atoms with Gasteiger partial charge in [-0.05, 0) is 19.1 Å². The van der Waals surface area contributed by atoms with Gasteiger partial charge in [-0.1, -0.05) is 17.4 Å². The molecule has 0 radical (unpaired) electrons. The van der Waals surface area contributed by atoms with Crippen molar-refractivity contribution >= 4 is 16.5 Å². The van der Waals surface area contributed by atoms with Gasteiger partial charge in [-0.3, -0.25) is 0 Å². The lowest BCUT2D eigenvalue weighted by atomic mass is 10.3. The molecule has 0 atom stereocenters. The molecule has 108 valence electrons. The van der Waals surface area contributed by atoms with E-state index < -0.39 is 0 Å². The molecular formula is C14H18N2O3S. The smallest absolute Gasteiger partial charge is 0.203 e. The fourth-order valence-electron chi connectivity index (χ4n) is 1.71. The number of methoxy groups -OCH3 is 2. The Morgan fingerprint density at radius 1 is 1.20 bits per heavy atom. The maximum absolute atomic E-state index is 5.82. The van der Waals surface area contributed by atoms with Crippen molar-refractivity contribution in [1.29, 1.82) is 0 Å². The molecule has 1 heterocycles. The second-order valence-corrected chi connectivity index (χ2v) is 5.06. The van der Waals surface area contributed by atoms with Crippen LogP contribution in [0.4, 0.5) is 5.13 Å². The molecule has 0 aliphatic carbocycles. The lowest BCUT2D eigenvalue weighted by molar-refractivity contribution is 0.268. The third kappa shape index (κ3) is 3.33. The summed E-state index contributed by atoms with van der Waals surface area (Å²) in [5.41, 5.74) is 0. The number of hydrogen-bond acceptors (Lipinski definition) is 6. The van der Waals surface area contributed by atoms with Crippen LogP contribution in [0.25, 0.3) is 0 Å². The van der Waals surface area contributed by atoms with Gasteiger partial charge in [0.05, 0.1) is 19.1 Å². The van der Waals surface area contributed by atoms with Crippen LogP contribution in [-0.4, -0.2) is 25.7 Å². The molecule has 0 aliphatic heterocycles. The van der Waals surface area contributed by atoms with Gasteiger partial charge >= 0.3 is 0 Å². The predicted octanol–water partition coefficient (Wildman–Crippen LogP) is 3.17. The number of anilines is 1. The van der Waals surface area contributed by atoms with Crippen molar-refractivity contribution in [2.24, 2.45) is 0 Å². The molecule has 1 aromatic heterocycles. The molecule has 0 unspecified atom stereocenters. The number of benzene rings is 1. The minimum Gasteiger partial charge on any atom is -0.493 e. The highest BCUT2D eigenvalue weighted by Gasteiger charge is 2.12. The summed E-state index contributed by atoms with van der Waals surface area (Å²) in [4.78, 5) is 5.30. The van der Waals surface area contributed by atoms with Gasteiger partial charge < -0.3 is 19.5 Å². The fraction of sp³-hybridized carbons (Fsp3) is 0.357. The number of rotatable bonds is 7. The Kier molecular flexibility index (Phi) is 5.06. The van der Waals surface area contributed by atoms with Crippen LogP contribution in [-0.2, 0) is 6.61 Å². The number of aromatic nitrogens is 1. The fourth-order valence-corrected chi connectivity index (χ4v) is 2.50. The molecule has 0 spiro atoms. The van der Waals surface area contributed by atoms with Crippen LogP contribution in [0.5, 0.6) is 17.2 Å². The molecule has 0 amide bonds. The van der Waals surface area contributed by atoms with E-state index in [-0.39, 0.29) is 0 Å². The van der Waals surface area contributed by atoms with Crippen LogP contribution < -0.4 is 19.5 Å². The summed E-state index contributed by atoms with van der Waals surface area (Å²) in [6.45, 7) is 3.32. The van der Waals surface area contributed by atoms with Gasteiger partial charge in [0.2, 0.25) is 5.75 Å². The summed E-state index contributed by atoms with van der Waals surface area (Å²) in [6.07, 6.45) is 1.81. The van der Waals surface area contributed by atoms with E-state index in [0.29, 0.717) is 23.9 Å². The lowest BCUT2D eigenvalue weighted by Gasteiger charge is -2.13. The Bertz CT molecular complexity index is 535. The first-order valence-corrected chi connectivity index (χ1v) is 7.12. The van der Waals surface area contributed by atoms with Gasteiger partial charge in [0.1, 0.15) is 6.61 Å². The van der Waals surface area contributed by atoms with Gasteiger partial charge in [-0.25, -0.2) is 4.98 Å². The van der Waals surface area contributed by atoms with Crippen molar-refractivity contribution in [2.75, 3.05) is 26.1 Å². The van der Waals surface area contributed by atoms with Crippen LogP contribution in [0.1, 0.15) is 11.8 Å². The Morgan fingerprint density at radius 3 is 2.50 bits per heavy atom. The average Bonchev–Trinajstić information content (AvgIpc) is 2.92. The Morgan fingerprint density at radius 2 is 1.90 bits per heavy atom. The quantitative estimate of drug-likeness (QED) is 0.850. The second-order valence-electron chi connectivity index (χ2n) is 3.94. The zero-order valence-electron chi connectivity index (χ0n) is 11.8. The molecule has 0 bridgehead atoms. The molecule has 1 aromatic carbocycles. The topological polar surface area (TPSA) is 52.6 Å². The van der Waals surface area contributed by atoms with E-state index in [2.05, 4.69) is 10.3 Å². The molecule has 0 aliphatic rings. The maximum Gasteiger partial charge on any atom is 0.203 e. The molecular weight excluding hydrogens is 276 g/mol. The molecule has 20 heavy (non-hydrogen) atoms. The minimum absolute atomic E-state index is 0.430. The largest absolute Gasteiger partial charge is 0.493 e. The zero-order chi connectivity index (χ0) is 14.4. The van der Waals surface area contributed by atoms with Crippen LogP contribution in [0, 0.1) is 0 Å². The van der Waals surface area contributed by atoms with Crippen LogP contribution >= 0.6 is 11.3 Å². The highest BCUT2D eigenvalue weighted by molar-refractivity contribution is 7.15. The van der Waals surface area contributed by atoms with Crippen LogP contribution in [0.3, 0.4) is 0 Å². The Hall–Kier alpha value is -1.95. The number of nitrogens with one attached hydrogen (secondary N) is 1. The van der Waals surface area contributed by atoms with Crippen molar-refractivity contribution in [1.82, 2.24) is 4.98 Å². The van der Waals surface area contributed by atoms with E-state index in [0.717, 1.165) is 16.6 Å². The van der Waals surface area contributed by atoms with Gasteiger partial charge in [0.15, 0.2) is 16.6 Å². The predicted molar refractivity (Wildman–Crippen MR) is 80.2 cm³/mol. The lowest BCUT2D eigenvalue weighted by Crippen LogP contribution is -1.98. The van der Waals surface area contributed by atoms with E-state index in [4.69, 9.17) is 14.2 Å². The number of thiazole rings is 1. The molecule has 5 nitrogen and oxygen atoms in total. The van der Waals surface area contributed by atoms with Crippen molar-refractivity contribution in [3.8, 4) is 17.2 Å². The third-order valence-corrected chi connectivity index (χ3v) is 3.55. The first kappa shape index (κ1) is 14.5. The summed E-state index contributed by atoms with van der Waals surface area (Å²) in [6, 6.07) is 5.55. The summed E-state index contributed by atoms with van der Waals surface area (Å²) >= 11 is 1.57. The monoisotopic (exact) mass is 294 g/mol. The minimum atomic E-state index is 0.430. The summed E-state index contributed by atoms with van der Waals surface area (Å²) in [5.74, 6) is 1.91. The van der Waals surface area contributed by atoms with Crippen molar-refractivity contribution < 1.29 is 14.2 Å². The normalized spacial score (nSPS) is 10.2. The van der Waals surface area contributed by atoms with E-state index in [1.165, 1.54) is 0 Å². The summed E-state index contributed by atoms with van der Waals surface area (Å²) < 4.78 is 16.4. The average molecular weight is 294 g/mol. The van der Waals surface area contributed by atoms with Crippen molar-refractivity contribution in [3.05, 3.63) is 29.3 Å². The molecule has 0 saturated carbocycles. The second kappa shape index (κ2) is 7.00. The van der Waals surface area contributed by atoms with E-state index >= 15 is 0 Å². The molecule has 1 N–H and O–H groups in total. The SMILES string of the molecule is CCNc1ncc(COc2c(OC)cccc2OC)s1. The molecule has 2 rings (SSSR count). The van der Waals surface area contributed by atoms with Crippen LogP contribution in [0.2, 0.25) is 0 Å². The van der Waals surface area contributed by atoms with Gasteiger partial charge in [0, 0.05) is 12.7 Å². The highest BCUT2D eigenvalue weighted by Crippen LogP contribution is 2.37. The first-order chi connectivity index (χ1) is 9.78. The first-order valence-electron chi connectivity index (χ1n) is 6.30. The van der Waals surface area contributed by atoms with E-state index in [1.54, 1.807) is 25.6 Å². The number of para-hydroxylation sites is 1. The Balaban J connectivity index is 2.09. The van der Waals surface area contributed by atoms with Gasteiger partial charge in [-0.2, -0.15) is 0 Å².